The number of furan rings is 1. The fourth-order valence-electron chi connectivity index (χ4n) is 2.13. The molecule has 1 heterocycles. The van der Waals surface area contributed by atoms with Gasteiger partial charge in [-0.3, -0.25) is 0 Å². The molecule has 0 amide bonds. The largest absolute Gasteiger partial charge is 0.490 e. The Morgan fingerprint density at radius 2 is 1.57 bits per heavy atom. The van der Waals surface area contributed by atoms with Crippen molar-refractivity contribution in [1.82, 2.24) is 0 Å². The summed E-state index contributed by atoms with van der Waals surface area (Å²) in [4.78, 5) is 0. The van der Waals surface area contributed by atoms with Gasteiger partial charge in [-0.2, -0.15) is 0 Å². The van der Waals surface area contributed by atoms with Crippen molar-refractivity contribution in [3.63, 3.8) is 0 Å². The molecule has 0 fully saturated rings. The van der Waals surface area contributed by atoms with Crippen LogP contribution in [0.1, 0.15) is 5.76 Å². The first-order valence-electron chi connectivity index (χ1n) is 7.57. The van der Waals surface area contributed by atoms with Crippen LogP contribution in [0.4, 0.5) is 5.69 Å². The zero-order valence-electron chi connectivity index (χ0n) is 12.8. The van der Waals surface area contributed by atoms with Gasteiger partial charge in [0, 0.05) is 11.8 Å². The van der Waals surface area contributed by atoms with Crippen LogP contribution < -0.4 is 14.8 Å². The molecule has 0 atom stereocenters. The molecule has 0 aliphatic heterocycles. The van der Waals surface area contributed by atoms with Crippen LogP contribution in [-0.2, 0) is 6.54 Å². The number of para-hydroxylation sites is 1. The monoisotopic (exact) mass is 309 g/mol. The van der Waals surface area contributed by atoms with Crippen LogP contribution in [0.3, 0.4) is 0 Å². The standard InChI is InChI=1S/C19H19NO3/c1-2-7-17(8-3-1)22-12-13-23-18-9-4-6-16(14-18)20-15-19-10-5-11-21-19/h1-11,14,20H,12-13,15H2. The van der Waals surface area contributed by atoms with Gasteiger partial charge in [-0.1, -0.05) is 24.3 Å². The first kappa shape index (κ1) is 15.0. The Morgan fingerprint density at radius 1 is 0.783 bits per heavy atom. The van der Waals surface area contributed by atoms with E-state index in [2.05, 4.69) is 5.32 Å². The van der Waals surface area contributed by atoms with E-state index in [1.807, 2.05) is 66.7 Å². The Balaban J connectivity index is 1.44. The highest BCUT2D eigenvalue weighted by atomic mass is 16.5. The molecule has 0 saturated carbocycles. The molecule has 0 aliphatic rings. The van der Waals surface area contributed by atoms with E-state index in [1.54, 1.807) is 6.26 Å². The normalized spacial score (nSPS) is 10.3. The van der Waals surface area contributed by atoms with E-state index >= 15 is 0 Å². The molecule has 3 aromatic rings. The number of rotatable bonds is 8. The second-order valence-electron chi connectivity index (χ2n) is 4.97. The Labute approximate surface area is 135 Å². The Morgan fingerprint density at radius 3 is 2.35 bits per heavy atom. The summed E-state index contributed by atoms with van der Waals surface area (Å²) in [6.45, 7) is 1.65. The van der Waals surface area contributed by atoms with E-state index in [0.29, 0.717) is 19.8 Å². The first-order valence-corrected chi connectivity index (χ1v) is 7.57. The average Bonchev–Trinajstić information content (AvgIpc) is 3.12. The summed E-state index contributed by atoms with van der Waals surface area (Å²) in [6, 6.07) is 21.4. The lowest BCUT2D eigenvalue weighted by Gasteiger charge is -2.10. The molecule has 1 N–H and O–H groups in total. The van der Waals surface area contributed by atoms with E-state index in [1.165, 1.54) is 0 Å². The Bertz CT molecular complexity index is 696. The lowest BCUT2D eigenvalue weighted by atomic mass is 10.3. The predicted octanol–water partition coefficient (Wildman–Crippen LogP) is 4.35. The van der Waals surface area contributed by atoms with E-state index < -0.39 is 0 Å². The van der Waals surface area contributed by atoms with Crippen LogP contribution in [0.5, 0.6) is 11.5 Å². The zero-order valence-corrected chi connectivity index (χ0v) is 12.8. The quantitative estimate of drug-likeness (QED) is 0.628. The van der Waals surface area contributed by atoms with Crippen molar-refractivity contribution in [3.8, 4) is 11.5 Å². The molecule has 2 aromatic carbocycles. The maximum Gasteiger partial charge on any atom is 0.122 e. The topological polar surface area (TPSA) is 43.6 Å². The van der Waals surface area contributed by atoms with Crippen molar-refractivity contribution in [2.24, 2.45) is 0 Å². The average molecular weight is 309 g/mol. The predicted molar refractivity (Wildman–Crippen MR) is 89.9 cm³/mol. The van der Waals surface area contributed by atoms with Gasteiger partial charge in [0.1, 0.15) is 30.5 Å². The lowest BCUT2D eigenvalue weighted by molar-refractivity contribution is 0.217. The van der Waals surface area contributed by atoms with Crippen molar-refractivity contribution >= 4 is 5.69 Å². The van der Waals surface area contributed by atoms with Gasteiger partial charge in [0.25, 0.3) is 0 Å². The third-order valence-corrected chi connectivity index (χ3v) is 3.24. The van der Waals surface area contributed by atoms with Crippen molar-refractivity contribution in [2.75, 3.05) is 18.5 Å². The summed E-state index contributed by atoms with van der Waals surface area (Å²) in [7, 11) is 0. The molecule has 4 heteroatoms. The summed E-state index contributed by atoms with van der Waals surface area (Å²) in [5.74, 6) is 2.56. The van der Waals surface area contributed by atoms with Gasteiger partial charge in [-0.05, 0) is 36.4 Å². The molecular formula is C19H19NO3. The van der Waals surface area contributed by atoms with Crippen LogP contribution in [0.15, 0.2) is 77.4 Å². The molecule has 0 radical (unpaired) electrons. The molecule has 0 bridgehead atoms. The Kier molecular flexibility index (Phi) is 5.19. The smallest absolute Gasteiger partial charge is 0.122 e. The highest BCUT2D eigenvalue weighted by molar-refractivity contribution is 5.48. The highest BCUT2D eigenvalue weighted by Gasteiger charge is 1.99. The fourth-order valence-corrected chi connectivity index (χ4v) is 2.13. The van der Waals surface area contributed by atoms with Crippen LogP contribution in [0.2, 0.25) is 0 Å². The number of hydrogen-bond acceptors (Lipinski definition) is 4. The van der Waals surface area contributed by atoms with E-state index in [-0.39, 0.29) is 0 Å². The van der Waals surface area contributed by atoms with Crippen molar-refractivity contribution in [3.05, 3.63) is 78.8 Å². The van der Waals surface area contributed by atoms with Crippen molar-refractivity contribution in [2.45, 2.75) is 6.54 Å². The van der Waals surface area contributed by atoms with E-state index in [9.17, 15) is 0 Å². The first-order chi connectivity index (χ1) is 11.4. The van der Waals surface area contributed by atoms with Crippen LogP contribution in [-0.4, -0.2) is 13.2 Å². The molecule has 23 heavy (non-hydrogen) atoms. The van der Waals surface area contributed by atoms with E-state index in [4.69, 9.17) is 13.9 Å². The van der Waals surface area contributed by atoms with Gasteiger partial charge in [-0.15, -0.1) is 0 Å². The minimum absolute atomic E-state index is 0.497. The minimum atomic E-state index is 0.497. The summed E-state index contributed by atoms with van der Waals surface area (Å²) in [5, 5.41) is 3.30. The summed E-state index contributed by atoms with van der Waals surface area (Å²) >= 11 is 0. The van der Waals surface area contributed by atoms with Crippen LogP contribution in [0, 0.1) is 0 Å². The van der Waals surface area contributed by atoms with Gasteiger partial charge in [0.15, 0.2) is 0 Å². The molecule has 4 nitrogen and oxygen atoms in total. The molecule has 0 spiro atoms. The third-order valence-electron chi connectivity index (χ3n) is 3.24. The number of hydrogen-bond donors (Lipinski definition) is 1. The molecule has 3 rings (SSSR count). The summed E-state index contributed by atoms with van der Waals surface area (Å²) in [6.07, 6.45) is 1.67. The maximum atomic E-state index is 5.72. The van der Waals surface area contributed by atoms with Gasteiger partial charge in [-0.25, -0.2) is 0 Å². The molecule has 0 unspecified atom stereocenters. The number of anilines is 1. The molecule has 118 valence electrons. The number of nitrogens with one attached hydrogen (secondary N) is 1. The number of benzene rings is 2. The van der Waals surface area contributed by atoms with Gasteiger partial charge in [0.2, 0.25) is 0 Å². The van der Waals surface area contributed by atoms with Crippen molar-refractivity contribution < 1.29 is 13.9 Å². The molecule has 0 saturated heterocycles. The Hall–Kier alpha value is -2.88. The molecular weight excluding hydrogens is 290 g/mol. The van der Waals surface area contributed by atoms with Crippen molar-refractivity contribution in [1.29, 1.82) is 0 Å². The third kappa shape index (κ3) is 4.81. The van der Waals surface area contributed by atoms with Gasteiger partial charge < -0.3 is 19.2 Å². The van der Waals surface area contributed by atoms with Crippen LogP contribution in [0.25, 0.3) is 0 Å². The summed E-state index contributed by atoms with van der Waals surface area (Å²) < 4.78 is 16.6. The second-order valence-corrected chi connectivity index (χ2v) is 4.97. The highest BCUT2D eigenvalue weighted by Crippen LogP contribution is 2.18. The second kappa shape index (κ2) is 7.94. The maximum absolute atomic E-state index is 5.72. The SMILES string of the molecule is c1ccc(OCCOc2cccc(NCc3ccco3)c2)cc1. The van der Waals surface area contributed by atoms with Crippen LogP contribution >= 0.6 is 0 Å². The zero-order chi connectivity index (χ0) is 15.7. The van der Waals surface area contributed by atoms with E-state index in [0.717, 1.165) is 22.9 Å². The van der Waals surface area contributed by atoms with Gasteiger partial charge >= 0.3 is 0 Å². The minimum Gasteiger partial charge on any atom is -0.490 e. The fraction of sp³-hybridized carbons (Fsp3) is 0.158. The molecule has 0 aliphatic carbocycles. The number of ether oxygens (including phenoxy) is 2. The lowest BCUT2D eigenvalue weighted by Crippen LogP contribution is -2.09. The summed E-state index contributed by atoms with van der Waals surface area (Å²) in [5.41, 5.74) is 0.989. The molecule has 1 aromatic heterocycles. The van der Waals surface area contributed by atoms with Gasteiger partial charge in [0.05, 0.1) is 12.8 Å².